The minimum Gasteiger partial charge on any atom is -0.346 e. The van der Waals surface area contributed by atoms with Gasteiger partial charge in [0.2, 0.25) is 5.91 Å². The predicted molar refractivity (Wildman–Crippen MR) is 103 cm³/mol. The Kier molecular flexibility index (Phi) is 8.12. The van der Waals surface area contributed by atoms with Crippen molar-refractivity contribution in [1.29, 1.82) is 0 Å². The first-order valence-electron chi connectivity index (χ1n) is 8.41. The lowest BCUT2D eigenvalue weighted by molar-refractivity contribution is -0.123. The van der Waals surface area contributed by atoms with E-state index in [1.165, 1.54) is 0 Å². The first-order chi connectivity index (χ1) is 11.1. The largest absolute Gasteiger partial charge is 0.346 e. The number of hydrogen-bond donors (Lipinski definition) is 2. The highest BCUT2D eigenvalue weighted by Crippen LogP contribution is 2.27. The zero-order valence-corrected chi connectivity index (χ0v) is 16.2. The summed E-state index contributed by atoms with van der Waals surface area (Å²) in [5.74, 6) is 1.36. The van der Waals surface area contributed by atoms with Crippen molar-refractivity contribution in [3.63, 3.8) is 0 Å². The molecule has 140 valence electrons. The van der Waals surface area contributed by atoms with Gasteiger partial charge in [-0.05, 0) is 36.8 Å². The molecule has 1 fully saturated rings. The van der Waals surface area contributed by atoms with Gasteiger partial charge in [-0.1, -0.05) is 26.3 Å². The normalized spacial score (nSPS) is 20.8. The van der Waals surface area contributed by atoms with Crippen LogP contribution in [0.2, 0.25) is 0 Å². The highest BCUT2D eigenvalue weighted by molar-refractivity contribution is 5.85. The van der Waals surface area contributed by atoms with Crippen molar-refractivity contribution in [3.05, 3.63) is 30.2 Å². The molecule has 2 aromatic heterocycles. The van der Waals surface area contributed by atoms with Crippen LogP contribution in [0.4, 0.5) is 0 Å². The number of nitrogens with one attached hydrogen (secondary N) is 1. The number of nitrogens with zero attached hydrogens (tertiary/aromatic N) is 3. The summed E-state index contributed by atoms with van der Waals surface area (Å²) in [4.78, 5) is 12.5. The summed E-state index contributed by atoms with van der Waals surface area (Å²) in [6.45, 7) is 4.16. The molecular weight excluding hydrogens is 361 g/mol. The average molecular weight is 388 g/mol. The van der Waals surface area contributed by atoms with Crippen molar-refractivity contribution in [3.8, 4) is 0 Å². The van der Waals surface area contributed by atoms with Crippen molar-refractivity contribution in [1.82, 2.24) is 19.9 Å². The van der Waals surface area contributed by atoms with Gasteiger partial charge in [0.1, 0.15) is 0 Å². The van der Waals surface area contributed by atoms with E-state index < -0.39 is 0 Å². The number of carbonyl (C=O) groups is 1. The van der Waals surface area contributed by atoms with E-state index in [-0.39, 0.29) is 48.7 Å². The molecule has 3 atom stereocenters. The third kappa shape index (κ3) is 4.84. The molecule has 0 aromatic carbocycles. The monoisotopic (exact) mass is 387 g/mol. The lowest BCUT2D eigenvalue weighted by atomic mass is 9.98. The second-order valence-electron chi connectivity index (χ2n) is 6.84. The minimum atomic E-state index is -0.155. The van der Waals surface area contributed by atoms with Gasteiger partial charge in [-0.15, -0.1) is 35.0 Å². The number of nitrogens with two attached hydrogens (primary N) is 1. The lowest BCUT2D eigenvalue weighted by Crippen LogP contribution is -2.36. The van der Waals surface area contributed by atoms with Crippen LogP contribution >= 0.6 is 24.8 Å². The Bertz CT molecular complexity index is 690. The fourth-order valence-electron chi connectivity index (χ4n) is 3.39. The van der Waals surface area contributed by atoms with Crippen molar-refractivity contribution in [2.75, 3.05) is 0 Å². The second-order valence-corrected chi connectivity index (χ2v) is 6.84. The molecule has 1 unspecified atom stereocenters. The van der Waals surface area contributed by atoms with Gasteiger partial charge in [0.25, 0.3) is 0 Å². The first kappa shape index (κ1) is 21.7. The Morgan fingerprint density at radius 3 is 2.72 bits per heavy atom. The molecule has 25 heavy (non-hydrogen) atoms. The van der Waals surface area contributed by atoms with E-state index in [1.54, 1.807) is 0 Å². The molecule has 0 bridgehead atoms. The van der Waals surface area contributed by atoms with Gasteiger partial charge in [0.05, 0.1) is 6.04 Å². The van der Waals surface area contributed by atoms with Crippen LogP contribution < -0.4 is 11.1 Å². The predicted octanol–water partition coefficient (Wildman–Crippen LogP) is 2.90. The molecule has 1 amide bonds. The standard InChI is InChI=1S/C17H25N5O.2ClH/c1-11(2)16(17-21-20-14-8-3-4-9-22(14)17)19-15(23)10-12-6-5-7-13(12)18;;/h3-4,8-9,11-13,16H,5-7,10,18H2,1-2H3,(H,19,23);2*1H/t12-,13+,16?;;/m0../s1. The second kappa shape index (κ2) is 9.36. The maximum Gasteiger partial charge on any atom is 0.220 e. The molecule has 3 rings (SSSR count). The van der Waals surface area contributed by atoms with Crippen molar-refractivity contribution in [2.24, 2.45) is 17.6 Å². The molecule has 2 heterocycles. The van der Waals surface area contributed by atoms with Crippen LogP contribution in [0.25, 0.3) is 5.65 Å². The van der Waals surface area contributed by atoms with E-state index in [1.807, 2.05) is 28.8 Å². The van der Waals surface area contributed by atoms with Gasteiger partial charge < -0.3 is 11.1 Å². The Hall–Kier alpha value is -1.37. The van der Waals surface area contributed by atoms with E-state index in [0.29, 0.717) is 12.3 Å². The van der Waals surface area contributed by atoms with Gasteiger partial charge in [0, 0.05) is 18.7 Å². The summed E-state index contributed by atoms with van der Waals surface area (Å²) in [5, 5.41) is 11.6. The van der Waals surface area contributed by atoms with Gasteiger partial charge in [-0.3, -0.25) is 9.20 Å². The van der Waals surface area contributed by atoms with Crippen molar-refractivity contribution in [2.45, 2.75) is 51.6 Å². The third-order valence-electron chi connectivity index (χ3n) is 4.77. The Morgan fingerprint density at radius 1 is 1.32 bits per heavy atom. The number of fused-ring (bicyclic) bond motifs is 1. The smallest absolute Gasteiger partial charge is 0.220 e. The third-order valence-corrected chi connectivity index (χ3v) is 4.77. The van der Waals surface area contributed by atoms with Gasteiger partial charge >= 0.3 is 0 Å². The lowest BCUT2D eigenvalue weighted by Gasteiger charge is -2.22. The summed E-state index contributed by atoms with van der Waals surface area (Å²) in [7, 11) is 0. The molecule has 3 N–H and O–H groups in total. The summed E-state index contributed by atoms with van der Waals surface area (Å²) in [5.41, 5.74) is 6.87. The number of carbonyl (C=O) groups excluding carboxylic acids is 1. The zero-order chi connectivity index (χ0) is 16.4. The Balaban J connectivity index is 0.00000156. The maximum absolute atomic E-state index is 12.5. The van der Waals surface area contributed by atoms with Crippen LogP contribution in [0.15, 0.2) is 24.4 Å². The van der Waals surface area contributed by atoms with E-state index >= 15 is 0 Å². The van der Waals surface area contributed by atoms with Crippen LogP contribution in [-0.2, 0) is 4.79 Å². The van der Waals surface area contributed by atoms with Crippen LogP contribution in [0.3, 0.4) is 0 Å². The number of pyridine rings is 1. The highest BCUT2D eigenvalue weighted by Gasteiger charge is 2.29. The Labute approximate surface area is 160 Å². The molecule has 1 aliphatic carbocycles. The molecule has 1 saturated carbocycles. The number of amides is 1. The number of aromatic nitrogens is 3. The summed E-state index contributed by atoms with van der Waals surface area (Å²) in [6, 6.07) is 5.78. The molecule has 0 saturated heterocycles. The average Bonchev–Trinajstić information content (AvgIpc) is 3.11. The molecular formula is C17H27Cl2N5O. The fourth-order valence-corrected chi connectivity index (χ4v) is 3.39. The first-order valence-corrected chi connectivity index (χ1v) is 8.41. The molecule has 0 spiro atoms. The van der Waals surface area contributed by atoms with Crippen LogP contribution in [0.1, 0.15) is 51.4 Å². The number of halogens is 2. The van der Waals surface area contributed by atoms with E-state index in [9.17, 15) is 4.79 Å². The maximum atomic E-state index is 12.5. The van der Waals surface area contributed by atoms with Crippen molar-refractivity contribution < 1.29 is 4.79 Å². The van der Waals surface area contributed by atoms with Crippen LogP contribution in [0.5, 0.6) is 0 Å². The molecule has 0 aliphatic heterocycles. The topological polar surface area (TPSA) is 85.3 Å². The summed E-state index contributed by atoms with van der Waals surface area (Å²) >= 11 is 0. The molecule has 0 radical (unpaired) electrons. The van der Waals surface area contributed by atoms with E-state index in [0.717, 1.165) is 30.7 Å². The highest BCUT2D eigenvalue weighted by atomic mass is 35.5. The van der Waals surface area contributed by atoms with Crippen LogP contribution in [-0.4, -0.2) is 26.5 Å². The molecule has 6 nitrogen and oxygen atoms in total. The zero-order valence-electron chi connectivity index (χ0n) is 14.6. The van der Waals surface area contributed by atoms with Gasteiger partial charge in [-0.2, -0.15) is 0 Å². The molecule has 8 heteroatoms. The summed E-state index contributed by atoms with van der Waals surface area (Å²) in [6.07, 6.45) is 5.64. The van der Waals surface area contributed by atoms with Crippen molar-refractivity contribution >= 4 is 36.4 Å². The summed E-state index contributed by atoms with van der Waals surface area (Å²) < 4.78 is 1.94. The molecule has 2 aromatic rings. The fraction of sp³-hybridized carbons (Fsp3) is 0.588. The number of hydrogen-bond acceptors (Lipinski definition) is 4. The van der Waals surface area contributed by atoms with E-state index in [4.69, 9.17) is 5.73 Å². The quantitative estimate of drug-likeness (QED) is 0.825. The number of rotatable bonds is 5. The molecule has 1 aliphatic rings. The van der Waals surface area contributed by atoms with Crippen LogP contribution in [0, 0.1) is 11.8 Å². The van der Waals surface area contributed by atoms with Gasteiger partial charge in [0.15, 0.2) is 11.5 Å². The minimum absolute atomic E-state index is 0. The van der Waals surface area contributed by atoms with E-state index in [2.05, 4.69) is 29.4 Å². The van der Waals surface area contributed by atoms with Gasteiger partial charge in [-0.25, -0.2) is 0 Å². The Morgan fingerprint density at radius 2 is 2.08 bits per heavy atom. The SMILES string of the molecule is CC(C)C(NC(=O)C[C@@H]1CCC[C@H]1N)c1nnc2ccccn12.Cl.Cl.